The molecule has 0 bridgehead atoms. The van der Waals surface area contributed by atoms with Crippen LogP contribution in [0.1, 0.15) is 50.6 Å². The minimum atomic E-state index is -0.549. The van der Waals surface area contributed by atoms with Crippen molar-refractivity contribution in [3.63, 3.8) is 0 Å². The van der Waals surface area contributed by atoms with Crippen LogP contribution in [0.15, 0.2) is 54.1 Å². The van der Waals surface area contributed by atoms with Crippen LogP contribution in [0.5, 0.6) is 11.5 Å². The van der Waals surface area contributed by atoms with E-state index in [1.54, 1.807) is 12.1 Å². The summed E-state index contributed by atoms with van der Waals surface area (Å²) < 4.78 is 5.61. The monoisotopic (exact) mass is 471 g/mol. The Hall–Kier alpha value is -3.51. The molecule has 1 aromatic heterocycles. The number of allylic oxidation sites excluding steroid dienone is 4. The van der Waals surface area contributed by atoms with Crippen molar-refractivity contribution in [3.05, 3.63) is 71.1 Å². The van der Waals surface area contributed by atoms with Gasteiger partial charge in [-0.25, -0.2) is 15.0 Å². The second-order valence-electron chi connectivity index (χ2n) is 9.42. The van der Waals surface area contributed by atoms with Gasteiger partial charge in [-0.2, -0.15) is 0 Å². The lowest BCUT2D eigenvalue weighted by atomic mass is 9.88. The lowest BCUT2D eigenvalue weighted by molar-refractivity contribution is 0.104. The summed E-state index contributed by atoms with van der Waals surface area (Å²) in [4.78, 5) is 14.4. The quantitative estimate of drug-likeness (QED) is 0.436. The maximum atomic E-state index is 10.8. The number of phenols is 1. The van der Waals surface area contributed by atoms with E-state index in [9.17, 15) is 10.2 Å². The summed E-state index contributed by atoms with van der Waals surface area (Å²) in [6.07, 6.45) is 5.20. The van der Waals surface area contributed by atoms with Crippen LogP contribution in [0.2, 0.25) is 0 Å². The average Bonchev–Trinajstić information content (AvgIpc) is 2.82. The van der Waals surface area contributed by atoms with E-state index in [-0.39, 0.29) is 18.3 Å². The van der Waals surface area contributed by atoms with E-state index in [2.05, 4.69) is 39.0 Å². The maximum absolute atomic E-state index is 10.8. The highest BCUT2D eigenvalue weighted by Crippen LogP contribution is 2.35. The Morgan fingerprint density at radius 1 is 0.943 bits per heavy atom. The van der Waals surface area contributed by atoms with Crippen LogP contribution in [0.4, 0.5) is 0 Å². The molecule has 2 atom stereocenters. The van der Waals surface area contributed by atoms with Crippen LogP contribution in [-0.4, -0.2) is 37.9 Å². The van der Waals surface area contributed by atoms with Gasteiger partial charge in [0.05, 0.1) is 11.7 Å². The molecule has 0 aliphatic heterocycles. The molecule has 0 saturated heterocycles. The molecular formula is C29H33N3O3. The second-order valence-corrected chi connectivity index (χ2v) is 9.42. The lowest BCUT2D eigenvalue weighted by Crippen LogP contribution is -2.15. The zero-order valence-corrected chi connectivity index (χ0v) is 21.0. The van der Waals surface area contributed by atoms with Gasteiger partial charge in [-0.05, 0) is 57.2 Å². The number of rotatable bonds is 7. The van der Waals surface area contributed by atoms with E-state index in [1.165, 1.54) is 17.2 Å². The molecule has 35 heavy (non-hydrogen) atoms. The van der Waals surface area contributed by atoms with E-state index in [1.807, 2.05) is 26.0 Å². The average molecular weight is 472 g/mol. The minimum absolute atomic E-state index is 0.0126. The molecule has 0 spiro atoms. The van der Waals surface area contributed by atoms with E-state index in [4.69, 9.17) is 19.7 Å². The Bertz CT molecular complexity index is 1300. The van der Waals surface area contributed by atoms with Crippen LogP contribution in [0.25, 0.3) is 28.3 Å². The lowest BCUT2D eigenvalue weighted by Gasteiger charge is -2.20. The Morgan fingerprint density at radius 3 is 2.29 bits per heavy atom. The number of ether oxygens (including phenoxy) is 1. The fraction of sp³-hybridized carbons (Fsp3) is 0.345. The number of hydrogen-bond donors (Lipinski definition) is 2. The summed E-state index contributed by atoms with van der Waals surface area (Å²) in [5.74, 6) is 2.36. The molecule has 6 heteroatoms. The van der Waals surface area contributed by atoms with Crippen molar-refractivity contribution in [1.82, 2.24) is 15.0 Å². The van der Waals surface area contributed by atoms with Crippen LogP contribution < -0.4 is 4.74 Å². The van der Waals surface area contributed by atoms with E-state index in [0.717, 1.165) is 23.1 Å². The number of hydrogen-bond acceptors (Lipinski definition) is 6. The van der Waals surface area contributed by atoms with Crippen molar-refractivity contribution < 1.29 is 14.9 Å². The van der Waals surface area contributed by atoms with E-state index in [0.29, 0.717) is 35.2 Å². The first-order valence-corrected chi connectivity index (χ1v) is 12.1. The van der Waals surface area contributed by atoms with Gasteiger partial charge in [-0.1, -0.05) is 55.3 Å². The molecule has 1 heterocycles. The Labute approximate surface area is 207 Å². The van der Waals surface area contributed by atoms with Crippen molar-refractivity contribution >= 4 is 5.57 Å². The summed E-state index contributed by atoms with van der Waals surface area (Å²) in [5, 5.41) is 20.6. The molecule has 1 aliphatic rings. The minimum Gasteiger partial charge on any atom is -0.507 e. The highest BCUT2D eigenvalue weighted by Gasteiger charge is 2.21. The van der Waals surface area contributed by atoms with Crippen LogP contribution in [0, 0.1) is 19.8 Å². The predicted molar refractivity (Wildman–Crippen MR) is 139 cm³/mol. The fourth-order valence-corrected chi connectivity index (χ4v) is 4.26. The predicted octanol–water partition coefficient (Wildman–Crippen LogP) is 6.05. The zero-order chi connectivity index (χ0) is 25.1. The molecule has 2 N–H and O–H groups in total. The van der Waals surface area contributed by atoms with Crippen molar-refractivity contribution in [2.45, 2.75) is 53.6 Å². The number of aryl methyl sites for hydroxylation is 2. The number of benzene rings is 2. The number of aliphatic hydroxyl groups is 1. The first kappa shape index (κ1) is 24.6. The third-order valence-corrected chi connectivity index (χ3v) is 6.35. The normalized spacial score (nSPS) is 16.5. The van der Waals surface area contributed by atoms with E-state index < -0.39 is 6.10 Å². The molecule has 4 rings (SSSR count). The number of aromatic hydroxyl groups is 1. The molecule has 6 nitrogen and oxygen atoms in total. The number of nitrogens with zero attached hydrogens (tertiary/aromatic N) is 3. The molecule has 0 amide bonds. The van der Waals surface area contributed by atoms with Gasteiger partial charge in [0.1, 0.15) is 18.1 Å². The largest absolute Gasteiger partial charge is 0.507 e. The van der Waals surface area contributed by atoms with Gasteiger partial charge in [0.25, 0.3) is 0 Å². The molecule has 2 unspecified atom stereocenters. The van der Waals surface area contributed by atoms with Gasteiger partial charge in [-0.15, -0.1) is 0 Å². The molecule has 0 radical (unpaired) electrons. The van der Waals surface area contributed by atoms with Crippen LogP contribution >= 0.6 is 0 Å². The van der Waals surface area contributed by atoms with Crippen molar-refractivity contribution in [1.29, 1.82) is 0 Å². The molecular weight excluding hydrogens is 438 g/mol. The van der Waals surface area contributed by atoms with Crippen LogP contribution in [-0.2, 0) is 0 Å². The molecule has 3 aromatic rings. The summed E-state index contributed by atoms with van der Waals surface area (Å²) in [6.45, 7) is 10.5. The first-order chi connectivity index (χ1) is 16.7. The van der Waals surface area contributed by atoms with Gasteiger partial charge < -0.3 is 14.9 Å². The van der Waals surface area contributed by atoms with Crippen molar-refractivity contribution in [2.75, 3.05) is 6.61 Å². The topological polar surface area (TPSA) is 88.4 Å². The highest BCUT2D eigenvalue weighted by molar-refractivity contribution is 5.73. The first-order valence-electron chi connectivity index (χ1n) is 12.1. The van der Waals surface area contributed by atoms with Gasteiger partial charge in [0, 0.05) is 17.2 Å². The summed E-state index contributed by atoms with van der Waals surface area (Å²) in [5.41, 5.74) is 6.07. The number of phenolic OH excluding ortho intramolecular Hbond substituents is 1. The zero-order valence-electron chi connectivity index (χ0n) is 21.0. The van der Waals surface area contributed by atoms with Gasteiger partial charge in [0.2, 0.25) is 0 Å². The Balaban J connectivity index is 1.81. The van der Waals surface area contributed by atoms with E-state index >= 15 is 0 Å². The maximum Gasteiger partial charge on any atom is 0.167 e. The molecule has 0 saturated carbocycles. The smallest absolute Gasteiger partial charge is 0.167 e. The summed E-state index contributed by atoms with van der Waals surface area (Å²) >= 11 is 0. The summed E-state index contributed by atoms with van der Waals surface area (Å²) in [6, 6.07) is 11.2. The Morgan fingerprint density at radius 2 is 1.63 bits per heavy atom. The van der Waals surface area contributed by atoms with Gasteiger partial charge in [-0.3, -0.25) is 0 Å². The third kappa shape index (κ3) is 5.60. The number of aromatic nitrogens is 3. The summed E-state index contributed by atoms with van der Waals surface area (Å²) in [7, 11) is 0. The van der Waals surface area contributed by atoms with Crippen LogP contribution in [0.3, 0.4) is 0 Å². The standard InChI is InChI=1S/C29H33N3O3/c1-6-21(33)16-35-22-9-12-25(26(34)15-22)29-31-27(23-10-7-17(2)13-19(23)4)30-28(32-29)24-11-8-18(3)14-20(24)5/h7-13,15,20-21,33-34H,6,14,16H2,1-5H3. The number of aliphatic hydroxyl groups excluding tert-OH is 1. The van der Waals surface area contributed by atoms with Gasteiger partial charge >= 0.3 is 0 Å². The van der Waals surface area contributed by atoms with Crippen molar-refractivity contribution in [3.8, 4) is 34.3 Å². The molecule has 182 valence electrons. The Kier molecular flexibility index (Phi) is 7.31. The highest BCUT2D eigenvalue weighted by atomic mass is 16.5. The molecule has 1 aliphatic carbocycles. The second kappa shape index (κ2) is 10.4. The molecule has 0 fully saturated rings. The molecule has 2 aromatic carbocycles. The SMILES string of the molecule is CCC(O)COc1ccc(-c2nc(C3=CC=C(C)CC3C)nc(-c3ccc(C)cc3C)n2)c(O)c1. The fourth-order valence-electron chi connectivity index (χ4n) is 4.26. The van der Waals surface area contributed by atoms with Crippen molar-refractivity contribution in [2.24, 2.45) is 5.92 Å². The third-order valence-electron chi connectivity index (χ3n) is 6.35. The van der Waals surface area contributed by atoms with Gasteiger partial charge in [0.15, 0.2) is 17.5 Å².